The van der Waals surface area contributed by atoms with E-state index in [1.807, 2.05) is 0 Å². The Bertz CT molecular complexity index is 510. The van der Waals surface area contributed by atoms with Crippen molar-refractivity contribution in [2.24, 2.45) is 0 Å². The van der Waals surface area contributed by atoms with Crippen molar-refractivity contribution in [1.29, 1.82) is 0 Å². The third-order valence-corrected chi connectivity index (χ3v) is 2.02. The van der Waals surface area contributed by atoms with E-state index >= 15 is 0 Å². The van der Waals surface area contributed by atoms with Gasteiger partial charge in [-0.3, -0.25) is 0 Å². The zero-order valence-electron chi connectivity index (χ0n) is 7.46. The SMILES string of the molecule is O=C(O)c1cn(-c2ccnc(Cl)c2)cn1. The molecule has 0 unspecified atom stereocenters. The van der Waals surface area contributed by atoms with Crippen LogP contribution in [0, 0.1) is 0 Å². The van der Waals surface area contributed by atoms with Crippen LogP contribution in [0.15, 0.2) is 30.9 Å². The van der Waals surface area contributed by atoms with E-state index in [1.54, 1.807) is 16.7 Å². The zero-order chi connectivity index (χ0) is 10.8. The van der Waals surface area contributed by atoms with Crippen LogP contribution in [0.4, 0.5) is 0 Å². The molecule has 0 fully saturated rings. The molecular formula is C9H6ClN3O2. The number of pyridine rings is 1. The van der Waals surface area contributed by atoms with Crippen molar-refractivity contribution in [3.05, 3.63) is 41.7 Å². The van der Waals surface area contributed by atoms with E-state index in [0.29, 0.717) is 5.15 Å². The number of carboxylic acids is 1. The van der Waals surface area contributed by atoms with Crippen LogP contribution in [0.25, 0.3) is 5.69 Å². The summed E-state index contributed by atoms with van der Waals surface area (Å²) < 4.78 is 1.57. The van der Waals surface area contributed by atoms with Crippen LogP contribution in [0.5, 0.6) is 0 Å². The molecule has 2 aromatic heterocycles. The Morgan fingerprint density at radius 3 is 2.87 bits per heavy atom. The van der Waals surface area contributed by atoms with Gasteiger partial charge in [0.25, 0.3) is 0 Å². The van der Waals surface area contributed by atoms with Gasteiger partial charge in [0, 0.05) is 12.4 Å². The molecule has 0 aliphatic rings. The minimum atomic E-state index is -1.06. The number of nitrogens with zero attached hydrogens (tertiary/aromatic N) is 3. The number of halogens is 1. The van der Waals surface area contributed by atoms with Crippen LogP contribution in [-0.4, -0.2) is 25.6 Å². The van der Waals surface area contributed by atoms with Gasteiger partial charge < -0.3 is 9.67 Å². The number of aromatic carboxylic acids is 1. The number of aromatic nitrogens is 3. The number of hydrogen-bond acceptors (Lipinski definition) is 3. The molecule has 0 aliphatic carbocycles. The molecule has 2 heterocycles. The van der Waals surface area contributed by atoms with Crippen molar-refractivity contribution in [2.75, 3.05) is 0 Å². The molecule has 0 aliphatic heterocycles. The fraction of sp³-hybridized carbons (Fsp3) is 0. The van der Waals surface area contributed by atoms with Crippen molar-refractivity contribution in [2.45, 2.75) is 0 Å². The second kappa shape index (κ2) is 3.70. The Balaban J connectivity index is 2.41. The molecule has 0 aromatic carbocycles. The summed E-state index contributed by atoms with van der Waals surface area (Å²) in [7, 11) is 0. The van der Waals surface area contributed by atoms with Crippen LogP contribution in [0.1, 0.15) is 10.5 Å². The summed E-state index contributed by atoms with van der Waals surface area (Å²) in [5.74, 6) is -1.06. The second-order valence-electron chi connectivity index (χ2n) is 2.81. The van der Waals surface area contributed by atoms with Gasteiger partial charge in [0.1, 0.15) is 11.5 Å². The van der Waals surface area contributed by atoms with Gasteiger partial charge in [0.05, 0.1) is 5.69 Å². The van der Waals surface area contributed by atoms with Crippen LogP contribution in [0.2, 0.25) is 5.15 Å². The minimum absolute atomic E-state index is 0.0112. The van der Waals surface area contributed by atoms with Crippen molar-refractivity contribution >= 4 is 17.6 Å². The van der Waals surface area contributed by atoms with Gasteiger partial charge in [0.2, 0.25) is 0 Å². The van der Waals surface area contributed by atoms with E-state index in [0.717, 1.165) is 5.69 Å². The summed E-state index contributed by atoms with van der Waals surface area (Å²) in [6, 6.07) is 3.33. The summed E-state index contributed by atoms with van der Waals surface area (Å²) in [6.07, 6.45) is 4.36. The highest BCUT2D eigenvalue weighted by atomic mass is 35.5. The summed E-state index contributed by atoms with van der Waals surface area (Å²) in [5, 5.41) is 9.03. The molecular weight excluding hydrogens is 218 g/mol. The summed E-state index contributed by atoms with van der Waals surface area (Å²) in [5.41, 5.74) is 0.706. The van der Waals surface area contributed by atoms with E-state index in [-0.39, 0.29) is 5.69 Å². The lowest BCUT2D eigenvalue weighted by molar-refractivity contribution is 0.0691. The molecule has 0 radical (unpaired) electrons. The zero-order valence-corrected chi connectivity index (χ0v) is 8.22. The molecule has 0 saturated heterocycles. The normalized spacial score (nSPS) is 10.2. The Morgan fingerprint density at radius 2 is 2.27 bits per heavy atom. The third kappa shape index (κ3) is 1.97. The molecule has 0 saturated carbocycles. The topological polar surface area (TPSA) is 68.0 Å². The molecule has 0 spiro atoms. The van der Waals surface area contributed by atoms with E-state index in [9.17, 15) is 4.79 Å². The smallest absolute Gasteiger partial charge is 0.356 e. The Labute approximate surface area is 90.0 Å². The maximum absolute atomic E-state index is 10.6. The fourth-order valence-electron chi connectivity index (χ4n) is 1.13. The van der Waals surface area contributed by atoms with Gasteiger partial charge in [-0.1, -0.05) is 11.6 Å². The standard InChI is InChI=1S/C9H6ClN3O2/c10-8-3-6(1-2-11-8)13-4-7(9(14)15)12-5-13/h1-5H,(H,14,15). The van der Waals surface area contributed by atoms with Crippen molar-refractivity contribution in [1.82, 2.24) is 14.5 Å². The van der Waals surface area contributed by atoms with Crippen LogP contribution in [0.3, 0.4) is 0 Å². The maximum Gasteiger partial charge on any atom is 0.356 e. The summed E-state index contributed by atoms with van der Waals surface area (Å²) in [6.45, 7) is 0. The molecule has 15 heavy (non-hydrogen) atoms. The van der Waals surface area contributed by atoms with Gasteiger partial charge in [0.15, 0.2) is 5.69 Å². The lowest BCUT2D eigenvalue weighted by atomic mass is 10.4. The number of rotatable bonds is 2. The van der Waals surface area contributed by atoms with Crippen molar-refractivity contribution < 1.29 is 9.90 Å². The molecule has 0 atom stereocenters. The van der Waals surface area contributed by atoms with Gasteiger partial charge in [-0.25, -0.2) is 14.8 Å². The number of hydrogen-bond donors (Lipinski definition) is 1. The molecule has 1 N–H and O–H groups in total. The predicted octanol–water partition coefficient (Wildman–Crippen LogP) is 1.62. The fourth-order valence-corrected chi connectivity index (χ4v) is 1.30. The first kappa shape index (κ1) is 9.67. The van der Waals surface area contributed by atoms with Crippen LogP contribution < -0.4 is 0 Å². The predicted molar refractivity (Wildman–Crippen MR) is 53.3 cm³/mol. The highest BCUT2D eigenvalue weighted by molar-refractivity contribution is 6.29. The average Bonchev–Trinajstić information content (AvgIpc) is 2.66. The monoisotopic (exact) mass is 223 g/mol. The summed E-state index contributed by atoms with van der Waals surface area (Å²) >= 11 is 5.70. The van der Waals surface area contributed by atoms with Crippen molar-refractivity contribution in [3.8, 4) is 5.69 Å². The first-order valence-corrected chi connectivity index (χ1v) is 4.44. The van der Waals surface area contributed by atoms with E-state index in [2.05, 4.69) is 9.97 Å². The largest absolute Gasteiger partial charge is 0.476 e. The quantitative estimate of drug-likeness (QED) is 0.786. The molecule has 76 valence electrons. The maximum atomic E-state index is 10.6. The van der Waals surface area contributed by atoms with Gasteiger partial charge in [-0.2, -0.15) is 0 Å². The molecule has 6 heteroatoms. The molecule has 5 nitrogen and oxygen atoms in total. The molecule has 2 aromatic rings. The number of imidazole rings is 1. The second-order valence-corrected chi connectivity index (χ2v) is 3.20. The number of carbonyl (C=O) groups is 1. The van der Waals surface area contributed by atoms with E-state index < -0.39 is 5.97 Å². The highest BCUT2D eigenvalue weighted by Crippen LogP contribution is 2.12. The number of carboxylic acid groups (broad SMARTS) is 1. The molecule has 2 rings (SSSR count). The first-order valence-electron chi connectivity index (χ1n) is 4.06. The average molecular weight is 224 g/mol. The highest BCUT2D eigenvalue weighted by Gasteiger charge is 2.07. The van der Waals surface area contributed by atoms with Crippen LogP contribution >= 0.6 is 11.6 Å². The van der Waals surface area contributed by atoms with Crippen LogP contribution in [-0.2, 0) is 0 Å². The van der Waals surface area contributed by atoms with Crippen molar-refractivity contribution in [3.63, 3.8) is 0 Å². The van der Waals surface area contributed by atoms with E-state index in [1.165, 1.54) is 18.7 Å². The Hall–Kier alpha value is -1.88. The first-order chi connectivity index (χ1) is 7.16. The molecule has 0 amide bonds. The van der Waals surface area contributed by atoms with E-state index in [4.69, 9.17) is 16.7 Å². The van der Waals surface area contributed by atoms with Gasteiger partial charge in [-0.05, 0) is 12.1 Å². The third-order valence-electron chi connectivity index (χ3n) is 1.81. The molecule has 0 bridgehead atoms. The van der Waals surface area contributed by atoms with Gasteiger partial charge in [-0.15, -0.1) is 0 Å². The lowest BCUT2D eigenvalue weighted by Crippen LogP contribution is -1.96. The minimum Gasteiger partial charge on any atom is -0.476 e. The summed E-state index contributed by atoms with van der Waals surface area (Å²) in [4.78, 5) is 18.1. The Kier molecular flexibility index (Phi) is 2.39. The Morgan fingerprint density at radius 1 is 1.47 bits per heavy atom. The van der Waals surface area contributed by atoms with Gasteiger partial charge >= 0.3 is 5.97 Å². The lowest BCUT2D eigenvalue weighted by Gasteiger charge is -2.00.